The van der Waals surface area contributed by atoms with E-state index in [0.29, 0.717) is 18.1 Å². The number of ether oxygens (including phenoxy) is 1. The highest BCUT2D eigenvalue weighted by Gasteiger charge is 2.24. The smallest absolute Gasteiger partial charge is 0.259 e. The summed E-state index contributed by atoms with van der Waals surface area (Å²) in [6.45, 7) is 6.47. The summed E-state index contributed by atoms with van der Waals surface area (Å²) in [5.74, 6) is 0.425. The summed E-state index contributed by atoms with van der Waals surface area (Å²) in [6, 6.07) is 13.9. The van der Waals surface area contributed by atoms with Gasteiger partial charge in [0.25, 0.3) is 5.91 Å². The molecule has 1 aromatic carbocycles. The second kappa shape index (κ2) is 9.15. The topological polar surface area (TPSA) is 45.7 Å². The lowest BCUT2D eigenvalue weighted by Crippen LogP contribution is -2.48. The van der Waals surface area contributed by atoms with Gasteiger partial charge in [-0.05, 0) is 24.6 Å². The van der Waals surface area contributed by atoms with Gasteiger partial charge < -0.3 is 9.64 Å². The van der Waals surface area contributed by atoms with Crippen molar-refractivity contribution in [3.63, 3.8) is 0 Å². The zero-order valence-electron chi connectivity index (χ0n) is 15.2. The average molecular weight is 351 g/mol. The molecule has 0 spiro atoms. The predicted molar refractivity (Wildman–Crippen MR) is 103 cm³/mol. The lowest BCUT2D eigenvalue weighted by molar-refractivity contribution is 0.0645. The maximum Gasteiger partial charge on any atom is 0.259 e. The summed E-state index contributed by atoms with van der Waals surface area (Å²) in [6.07, 6.45) is 5.97. The molecule has 3 rings (SSSR count). The maximum absolute atomic E-state index is 12.8. The first-order chi connectivity index (χ1) is 12.8. The van der Waals surface area contributed by atoms with E-state index in [9.17, 15) is 4.79 Å². The van der Waals surface area contributed by atoms with Crippen molar-refractivity contribution < 1.29 is 9.53 Å². The molecule has 2 aromatic rings. The van der Waals surface area contributed by atoms with Gasteiger partial charge >= 0.3 is 0 Å². The number of amides is 1. The number of rotatable bonds is 6. The van der Waals surface area contributed by atoms with Gasteiger partial charge in [0.05, 0.1) is 6.61 Å². The molecular weight excluding hydrogens is 326 g/mol. The number of benzene rings is 1. The molecule has 136 valence electrons. The van der Waals surface area contributed by atoms with Crippen LogP contribution < -0.4 is 4.74 Å². The molecule has 0 bridgehead atoms. The van der Waals surface area contributed by atoms with Gasteiger partial charge in [-0.1, -0.05) is 42.5 Å². The van der Waals surface area contributed by atoms with Gasteiger partial charge in [0.15, 0.2) is 0 Å². The molecule has 0 atom stereocenters. The summed E-state index contributed by atoms with van der Waals surface area (Å²) in [4.78, 5) is 21.2. The molecule has 1 aliphatic rings. The van der Waals surface area contributed by atoms with Gasteiger partial charge in [-0.25, -0.2) is 4.98 Å². The highest BCUT2D eigenvalue weighted by Crippen LogP contribution is 2.18. The number of piperazine rings is 1. The molecule has 0 saturated carbocycles. The van der Waals surface area contributed by atoms with E-state index in [-0.39, 0.29) is 5.91 Å². The quantitative estimate of drug-likeness (QED) is 0.803. The van der Waals surface area contributed by atoms with Gasteiger partial charge in [-0.3, -0.25) is 9.69 Å². The second-order valence-corrected chi connectivity index (χ2v) is 6.19. The average Bonchev–Trinajstić information content (AvgIpc) is 2.70. The van der Waals surface area contributed by atoms with Gasteiger partial charge in [0.2, 0.25) is 5.88 Å². The van der Waals surface area contributed by atoms with Crippen molar-refractivity contribution in [3.05, 3.63) is 65.9 Å². The molecule has 0 radical (unpaired) electrons. The lowest BCUT2D eigenvalue weighted by atomic mass is 10.2. The van der Waals surface area contributed by atoms with Gasteiger partial charge in [0, 0.05) is 38.9 Å². The second-order valence-electron chi connectivity index (χ2n) is 6.19. The minimum absolute atomic E-state index is 0.000952. The number of carbonyl (C=O) groups is 1. The first kappa shape index (κ1) is 18.1. The van der Waals surface area contributed by atoms with Crippen molar-refractivity contribution >= 4 is 12.0 Å². The molecule has 2 heterocycles. The van der Waals surface area contributed by atoms with Crippen LogP contribution in [0.15, 0.2) is 54.7 Å². The summed E-state index contributed by atoms with van der Waals surface area (Å²) >= 11 is 0. The Morgan fingerprint density at radius 3 is 2.62 bits per heavy atom. The van der Waals surface area contributed by atoms with Crippen molar-refractivity contribution in [2.45, 2.75) is 6.92 Å². The van der Waals surface area contributed by atoms with E-state index in [4.69, 9.17) is 4.74 Å². The van der Waals surface area contributed by atoms with E-state index in [2.05, 4.69) is 34.2 Å². The zero-order valence-corrected chi connectivity index (χ0v) is 15.2. The van der Waals surface area contributed by atoms with E-state index in [0.717, 1.165) is 32.7 Å². The molecule has 1 aliphatic heterocycles. The van der Waals surface area contributed by atoms with Crippen LogP contribution in [0.4, 0.5) is 0 Å². The molecule has 1 saturated heterocycles. The molecular formula is C21H25N3O2. The van der Waals surface area contributed by atoms with E-state index < -0.39 is 0 Å². The Labute approximate surface area is 154 Å². The Morgan fingerprint density at radius 2 is 1.88 bits per heavy atom. The van der Waals surface area contributed by atoms with Gasteiger partial charge in [0.1, 0.15) is 5.56 Å². The van der Waals surface area contributed by atoms with Crippen LogP contribution in [-0.2, 0) is 0 Å². The molecule has 0 N–H and O–H groups in total. The molecule has 1 amide bonds. The fourth-order valence-corrected chi connectivity index (χ4v) is 3.01. The van der Waals surface area contributed by atoms with Crippen LogP contribution in [0.1, 0.15) is 22.8 Å². The highest BCUT2D eigenvalue weighted by atomic mass is 16.5. The summed E-state index contributed by atoms with van der Waals surface area (Å²) < 4.78 is 5.49. The van der Waals surface area contributed by atoms with E-state index in [1.54, 1.807) is 18.3 Å². The van der Waals surface area contributed by atoms with Crippen LogP contribution in [-0.4, -0.2) is 60.0 Å². The van der Waals surface area contributed by atoms with Crippen molar-refractivity contribution in [2.24, 2.45) is 0 Å². The van der Waals surface area contributed by atoms with Crippen molar-refractivity contribution in [1.82, 2.24) is 14.8 Å². The van der Waals surface area contributed by atoms with Crippen LogP contribution >= 0.6 is 0 Å². The lowest BCUT2D eigenvalue weighted by Gasteiger charge is -2.34. The standard InChI is InChI=1S/C21H25N3O2/c1-2-26-20-19(11-6-12-22-20)21(25)24-16-14-23(15-17-24)13-7-10-18-8-4-3-5-9-18/h3-12H,2,13-17H2,1H3/b10-7+. The molecule has 0 unspecified atom stereocenters. The molecule has 5 nitrogen and oxygen atoms in total. The minimum Gasteiger partial charge on any atom is -0.477 e. The number of hydrogen-bond donors (Lipinski definition) is 0. The Kier molecular flexibility index (Phi) is 6.39. The summed E-state index contributed by atoms with van der Waals surface area (Å²) in [7, 11) is 0. The fourth-order valence-electron chi connectivity index (χ4n) is 3.01. The predicted octanol–water partition coefficient (Wildman–Crippen LogP) is 2.95. The molecule has 26 heavy (non-hydrogen) atoms. The van der Waals surface area contributed by atoms with Crippen molar-refractivity contribution in [3.8, 4) is 5.88 Å². The first-order valence-electron chi connectivity index (χ1n) is 9.09. The maximum atomic E-state index is 12.8. The van der Waals surface area contributed by atoms with Crippen molar-refractivity contribution in [2.75, 3.05) is 39.3 Å². The third-order valence-corrected chi connectivity index (χ3v) is 4.42. The summed E-state index contributed by atoms with van der Waals surface area (Å²) in [5, 5.41) is 0. The van der Waals surface area contributed by atoms with E-state index in [1.807, 2.05) is 30.0 Å². The minimum atomic E-state index is 0.000952. The Balaban J connectivity index is 1.52. The third-order valence-electron chi connectivity index (χ3n) is 4.42. The van der Waals surface area contributed by atoms with Crippen LogP contribution in [0.3, 0.4) is 0 Å². The van der Waals surface area contributed by atoms with E-state index >= 15 is 0 Å². The van der Waals surface area contributed by atoms with Gasteiger partial charge in [-0.15, -0.1) is 0 Å². The normalized spacial score (nSPS) is 15.3. The Morgan fingerprint density at radius 1 is 1.12 bits per heavy atom. The van der Waals surface area contributed by atoms with Crippen LogP contribution in [0, 0.1) is 0 Å². The van der Waals surface area contributed by atoms with Crippen molar-refractivity contribution in [1.29, 1.82) is 0 Å². The van der Waals surface area contributed by atoms with Crippen LogP contribution in [0.2, 0.25) is 0 Å². The fraction of sp³-hybridized carbons (Fsp3) is 0.333. The molecule has 1 fully saturated rings. The largest absolute Gasteiger partial charge is 0.477 e. The molecule has 0 aliphatic carbocycles. The first-order valence-corrected chi connectivity index (χ1v) is 9.09. The number of nitrogens with zero attached hydrogens (tertiary/aromatic N) is 3. The van der Waals surface area contributed by atoms with Crippen LogP contribution in [0.25, 0.3) is 6.08 Å². The van der Waals surface area contributed by atoms with Gasteiger partial charge in [-0.2, -0.15) is 0 Å². The SMILES string of the molecule is CCOc1ncccc1C(=O)N1CCN(C/C=C/c2ccccc2)CC1. The van der Waals surface area contributed by atoms with Crippen LogP contribution in [0.5, 0.6) is 5.88 Å². The van der Waals surface area contributed by atoms with E-state index in [1.165, 1.54) is 5.56 Å². The molecule has 1 aromatic heterocycles. The number of pyridine rings is 1. The zero-order chi connectivity index (χ0) is 18.2. The highest BCUT2D eigenvalue weighted by molar-refractivity contribution is 5.96. The molecule has 5 heteroatoms. The number of aromatic nitrogens is 1. The monoisotopic (exact) mass is 351 g/mol. The Bertz CT molecular complexity index is 738. The Hall–Kier alpha value is -2.66. The number of carbonyl (C=O) groups excluding carboxylic acids is 1. The number of hydrogen-bond acceptors (Lipinski definition) is 4. The third kappa shape index (κ3) is 4.70. The summed E-state index contributed by atoms with van der Waals surface area (Å²) in [5.41, 5.74) is 1.76.